The summed E-state index contributed by atoms with van der Waals surface area (Å²) in [4.78, 5) is 12.2. The van der Waals surface area contributed by atoms with Gasteiger partial charge in [0.1, 0.15) is 6.61 Å². The van der Waals surface area contributed by atoms with Gasteiger partial charge < -0.3 is 20.1 Å². The second-order valence-corrected chi connectivity index (χ2v) is 5.74. The van der Waals surface area contributed by atoms with Crippen LogP contribution in [-0.2, 0) is 4.79 Å². The van der Waals surface area contributed by atoms with Gasteiger partial charge >= 0.3 is 0 Å². The van der Waals surface area contributed by atoms with Gasteiger partial charge in [0.25, 0.3) is 5.91 Å². The Morgan fingerprint density at radius 1 is 1.48 bits per heavy atom. The Morgan fingerprint density at radius 2 is 2.35 bits per heavy atom. The third kappa shape index (κ3) is 4.18. The smallest absolute Gasteiger partial charge is 0.250 e. The molecule has 1 atom stereocenters. The molecule has 0 aliphatic carbocycles. The Kier molecular flexibility index (Phi) is 6.30. The lowest BCUT2D eigenvalue weighted by atomic mass is 10.0. The van der Waals surface area contributed by atoms with Crippen LogP contribution in [0.1, 0.15) is 18.4 Å². The number of rotatable bonds is 5. The van der Waals surface area contributed by atoms with Gasteiger partial charge in [0.2, 0.25) is 0 Å². The number of nitrogens with one attached hydrogen (secondary N) is 2. The van der Waals surface area contributed by atoms with Crippen molar-refractivity contribution in [1.29, 1.82) is 0 Å². The van der Waals surface area contributed by atoms with E-state index in [1.807, 2.05) is 24.3 Å². The van der Waals surface area contributed by atoms with Crippen LogP contribution in [0, 0.1) is 5.92 Å². The van der Waals surface area contributed by atoms with Crippen molar-refractivity contribution in [1.82, 2.24) is 10.6 Å². The summed E-state index contributed by atoms with van der Waals surface area (Å²) in [6, 6.07) is 5.67. The first-order chi connectivity index (χ1) is 10.8. The van der Waals surface area contributed by atoms with Crippen LogP contribution in [-0.4, -0.2) is 39.3 Å². The molecule has 0 aromatic heterocycles. The Hall–Kier alpha value is -1.72. The second-order valence-electron chi connectivity index (χ2n) is 5.74. The number of benzene rings is 1. The summed E-state index contributed by atoms with van der Waals surface area (Å²) in [6.07, 6.45) is 4.11. The molecule has 5 nitrogen and oxygen atoms in total. The fourth-order valence-corrected chi connectivity index (χ4v) is 2.94. The summed E-state index contributed by atoms with van der Waals surface area (Å²) in [6.45, 7) is 3.16. The number of hydrogen-bond acceptors (Lipinski definition) is 4. The van der Waals surface area contributed by atoms with Gasteiger partial charge in [-0.3, -0.25) is 4.79 Å². The number of amides is 1. The van der Waals surface area contributed by atoms with Crippen LogP contribution in [0.25, 0.3) is 6.08 Å². The number of carbonyl (C=O) groups is 1. The molecule has 1 aromatic carbocycles. The van der Waals surface area contributed by atoms with Crippen molar-refractivity contribution in [2.45, 2.75) is 12.8 Å². The molecule has 0 radical (unpaired) electrons. The van der Waals surface area contributed by atoms with E-state index in [4.69, 9.17) is 9.47 Å². The molecule has 2 heterocycles. The van der Waals surface area contributed by atoms with Crippen molar-refractivity contribution in [3.8, 4) is 11.5 Å². The van der Waals surface area contributed by atoms with Gasteiger partial charge in [-0.05, 0) is 44.0 Å². The highest BCUT2D eigenvalue weighted by atomic mass is 35.5. The minimum Gasteiger partial charge on any atom is -0.493 e. The molecule has 3 rings (SSSR count). The number of ether oxygens (including phenoxy) is 2. The lowest BCUT2D eigenvalue weighted by molar-refractivity contribution is -0.117. The topological polar surface area (TPSA) is 59.6 Å². The van der Waals surface area contributed by atoms with Crippen LogP contribution < -0.4 is 20.1 Å². The summed E-state index contributed by atoms with van der Waals surface area (Å²) >= 11 is 0. The van der Waals surface area contributed by atoms with E-state index >= 15 is 0 Å². The Balaban J connectivity index is 0.00000192. The molecule has 0 spiro atoms. The third-order valence-electron chi connectivity index (χ3n) is 4.22. The van der Waals surface area contributed by atoms with Crippen LogP contribution in [0.5, 0.6) is 11.5 Å². The zero-order valence-corrected chi connectivity index (χ0v) is 14.1. The van der Waals surface area contributed by atoms with E-state index in [0.717, 1.165) is 25.1 Å². The van der Waals surface area contributed by atoms with Gasteiger partial charge in [0.15, 0.2) is 11.5 Å². The molecular formula is C17H23ClN2O3. The number of fused-ring (bicyclic) bond motifs is 1. The molecule has 0 bridgehead atoms. The maximum Gasteiger partial charge on any atom is 0.250 e. The normalized spacial score (nSPS) is 19.0. The molecule has 1 unspecified atom stereocenters. The molecule has 1 aromatic rings. The third-order valence-corrected chi connectivity index (χ3v) is 4.22. The number of carbonyl (C=O) groups excluding carboxylic acids is 1. The summed E-state index contributed by atoms with van der Waals surface area (Å²) in [5.74, 6) is 2.04. The fourth-order valence-electron chi connectivity index (χ4n) is 2.94. The first kappa shape index (κ1) is 17.6. The number of methoxy groups -OCH3 is 1. The summed E-state index contributed by atoms with van der Waals surface area (Å²) < 4.78 is 11.0. The maximum absolute atomic E-state index is 12.2. The van der Waals surface area contributed by atoms with E-state index in [-0.39, 0.29) is 24.9 Å². The van der Waals surface area contributed by atoms with Crippen LogP contribution in [0.3, 0.4) is 0 Å². The minimum absolute atomic E-state index is 0. The standard InChI is InChI=1S/C17H22N2O3.ClH/c1-21-15-4-2-3-13-9-14(11-22-16(13)15)17(20)19-8-6-12-5-7-18-10-12;/h2-4,9,12,18H,5-8,10-11H2,1H3,(H,19,20);1H. The van der Waals surface area contributed by atoms with Gasteiger partial charge in [-0.2, -0.15) is 0 Å². The predicted octanol–water partition coefficient (Wildman–Crippen LogP) is 2.01. The van der Waals surface area contributed by atoms with Crippen molar-refractivity contribution in [3.63, 3.8) is 0 Å². The van der Waals surface area contributed by atoms with Crippen LogP contribution in [0.4, 0.5) is 0 Å². The lowest BCUT2D eigenvalue weighted by Crippen LogP contribution is -2.30. The molecule has 2 aliphatic rings. The van der Waals surface area contributed by atoms with Crippen LogP contribution in [0.15, 0.2) is 23.8 Å². The van der Waals surface area contributed by atoms with Gasteiger partial charge in [-0.25, -0.2) is 0 Å². The van der Waals surface area contributed by atoms with E-state index < -0.39 is 0 Å². The largest absolute Gasteiger partial charge is 0.493 e. The molecule has 126 valence electrons. The first-order valence-electron chi connectivity index (χ1n) is 7.77. The quantitative estimate of drug-likeness (QED) is 0.862. The molecule has 23 heavy (non-hydrogen) atoms. The number of para-hydroxylation sites is 1. The van der Waals surface area contributed by atoms with Crippen molar-refractivity contribution in [3.05, 3.63) is 29.3 Å². The lowest BCUT2D eigenvalue weighted by Gasteiger charge is -2.19. The van der Waals surface area contributed by atoms with Crippen LogP contribution >= 0.6 is 12.4 Å². The van der Waals surface area contributed by atoms with Crippen LogP contribution in [0.2, 0.25) is 0 Å². The monoisotopic (exact) mass is 338 g/mol. The molecule has 1 fully saturated rings. The highest BCUT2D eigenvalue weighted by Crippen LogP contribution is 2.35. The molecule has 0 saturated carbocycles. The summed E-state index contributed by atoms with van der Waals surface area (Å²) in [7, 11) is 1.61. The average Bonchev–Trinajstić information content (AvgIpc) is 3.07. The Morgan fingerprint density at radius 3 is 3.09 bits per heavy atom. The zero-order valence-electron chi connectivity index (χ0n) is 13.3. The zero-order chi connectivity index (χ0) is 15.4. The van der Waals surface area contributed by atoms with E-state index in [1.54, 1.807) is 7.11 Å². The van der Waals surface area contributed by atoms with Crippen molar-refractivity contribution < 1.29 is 14.3 Å². The van der Waals surface area contributed by atoms with Crippen molar-refractivity contribution >= 4 is 24.4 Å². The molecule has 6 heteroatoms. The van der Waals surface area contributed by atoms with E-state index in [0.29, 0.717) is 29.5 Å². The Bertz CT molecular complexity index is 583. The highest BCUT2D eigenvalue weighted by molar-refractivity contribution is 5.99. The van der Waals surface area contributed by atoms with Crippen molar-refractivity contribution in [2.75, 3.05) is 33.4 Å². The van der Waals surface area contributed by atoms with Gasteiger partial charge in [-0.1, -0.05) is 12.1 Å². The molecule has 1 amide bonds. The minimum atomic E-state index is -0.0422. The van der Waals surface area contributed by atoms with Gasteiger partial charge in [-0.15, -0.1) is 12.4 Å². The first-order valence-corrected chi connectivity index (χ1v) is 7.77. The Labute approximate surface area is 142 Å². The SMILES string of the molecule is COc1cccc2c1OCC(C(=O)NCCC1CCNC1)=C2.Cl. The van der Waals surface area contributed by atoms with E-state index in [1.165, 1.54) is 6.42 Å². The van der Waals surface area contributed by atoms with Crippen molar-refractivity contribution in [2.24, 2.45) is 5.92 Å². The second kappa shape index (κ2) is 8.22. The highest BCUT2D eigenvalue weighted by Gasteiger charge is 2.20. The van der Waals surface area contributed by atoms with Gasteiger partial charge in [0, 0.05) is 12.1 Å². The summed E-state index contributed by atoms with van der Waals surface area (Å²) in [5.41, 5.74) is 1.54. The fraction of sp³-hybridized carbons (Fsp3) is 0.471. The number of halogens is 1. The van der Waals surface area contributed by atoms with E-state index in [9.17, 15) is 4.79 Å². The van der Waals surface area contributed by atoms with Gasteiger partial charge in [0.05, 0.1) is 12.7 Å². The molecule has 1 saturated heterocycles. The molecule has 2 aliphatic heterocycles. The molecule has 2 N–H and O–H groups in total. The summed E-state index contributed by atoms with van der Waals surface area (Å²) in [5, 5.41) is 6.33. The number of hydrogen-bond donors (Lipinski definition) is 2. The predicted molar refractivity (Wildman–Crippen MR) is 92.3 cm³/mol. The molecular weight excluding hydrogens is 316 g/mol. The van der Waals surface area contributed by atoms with E-state index in [2.05, 4.69) is 10.6 Å². The maximum atomic E-state index is 12.2. The average molecular weight is 339 g/mol.